The quantitative estimate of drug-likeness (QED) is 0.0209. The van der Waals surface area contributed by atoms with E-state index < -0.39 is 251 Å². The number of rotatable bonds is 41. The fraction of sp³-hybridized carbons (Fsp3) is 0.940. The van der Waals surface area contributed by atoms with E-state index in [2.05, 4.69) is 22.9 Å². The molecule has 6 aliphatic rings. The fourth-order valence-electron chi connectivity index (χ4n) is 14.0. The Kier molecular flexibility index (Phi) is 33.6. The Bertz CT molecular complexity index is 2530. The maximum atomic E-state index is 15.0. The topological polar surface area (TPSA) is 530 Å². The van der Waals surface area contributed by atoms with Crippen molar-refractivity contribution in [2.24, 2.45) is 11.8 Å². The van der Waals surface area contributed by atoms with E-state index in [1.807, 2.05) is 6.92 Å². The van der Waals surface area contributed by atoms with E-state index in [-0.39, 0.29) is 13.0 Å². The van der Waals surface area contributed by atoms with Gasteiger partial charge in [0.2, 0.25) is 11.8 Å². The number of hydrogen-bond acceptors (Lipinski definition) is 31. The minimum Gasteiger partial charge on any atom is -0.477 e. The van der Waals surface area contributed by atoms with Gasteiger partial charge in [-0.05, 0) is 33.7 Å². The number of aliphatic hydroxyl groups is 15. The van der Waals surface area contributed by atoms with Crippen LogP contribution in [-0.2, 0) is 71.3 Å². The SMILES string of the molecule is CCCCCCCCCCCCCCCCCC(=O)N[C@@](C)(CO[C@@H]1O[C@@H](CO)[C@@H](O[C@@H]2OC(CO)[C@H](O[C@@H]3OC(CO)[C@H](O)[C@H](O)[C@H]3NC(C)=O)[C@@H]3O[C@]4(C[C@@H](O)[C@H](C)[C@H]([C@@H](O)[C@@](C)(CO)O[C@]5(C(=O)O)C[C@@H](O)[C@@H](C)C([C@H](O)[C@H](O)CO)O5)O4)C(=O)O[C@@H]23)[C@@H](O)C1O)[C@](C)(O)CNCC. The van der Waals surface area contributed by atoms with Gasteiger partial charge in [-0.2, -0.15) is 0 Å². The number of esters is 1. The molecule has 34 nitrogen and oxygen atoms in total. The Morgan fingerprint density at radius 2 is 1.18 bits per heavy atom. The van der Waals surface area contributed by atoms with Crippen molar-refractivity contribution in [1.29, 1.82) is 0 Å². The summed E-state index contributed by atoms with van der Waals surface area (Å²) in [6.45, 7) is 6.25. The van der Waals surface area contributed by atoms with Crippen molar-refractivity contribution in [3.8, 4) is 0 Å². The Morgan fingerprint density at radius 1 is 0.644 bits per heavy atom. The van der Waals surface area contributed by atoms with Gasteiger partial charge in [0.15, 0.2) is 25.0 Å². The number of unbranched alkanes of at least 4 members (excludes halogenated alkanes) is 14. The molecular weight excluding hydrogens is 1340 g/mol. The van der Waals surface area contributed by atoms with Gasteiger partial charge in [0.25, 0.3) is 11.6 Å². The number of ether oxygens (including phenoxy) is 11. The van der Waals surface area contributed by atoms with Gasteiger partial charge in [0.1, 0.15) is 91.0 Å². The summed E-state index contributed by atoms with van der Waals surface area (Å²) in [5.74, 6) is -13.1. The van der Waals surface area contributed by atoms with E-state index in [4.69, 9.17) is 52.1 Å². The zero-order valence-electron chi connectivity index (χ0n) is 59.5. The van der Waals surface area contributed by atoms with Crippen LogP contribution in [-0.4, -0.2) is 321 Å². The summed E-state index contributed by atoms with van der Waals surface area (Å²) in [5, 5.41) is 187. The zero-order valence-corrected chi connectivity index (χ0v) is 59.5. The Hall–Kier alpha value is -3.16. The number of aliphatic carboxylic acids is 1. The monoisotopic (exact) mass is 1460 g/mol. The summed E-state index contributed by atoms with van der Waals surface area (Å²) in [6.07, 6.45) is -24.7. The Balaban J connectivity index is 1.24. The van der Waals surface area contributed by atoms with E-state index in [0.29, 0.717) is 13.0 Å². The zero-order chi connectivity index (χ0) is 75.0. The van der Waals surface area contributed by atoms with E-state index >= 15 is 0 Å². The average Bonchev–Trinajstić information content (AvgIpc) is 0.727. The molecular formula is C67H119N3O31. The van der Waals surface area contributed by atoms with Gasteiger partial charge in [-0.15, -0.1) is 0 Å². The molecule has 0 radical (unpaired) electrons. The molecule has 588 valence electrons. The summed E-state index contributed by atoms with van der Waals surface area (Å²) in [4.78, 5) is 54.5. The molecule has 1 spiro atoms. The largest absolute Gasteiger partial charge is 0.477 e. The smallest absolute Gasteiger partial charge is 0.367 e. The summed E-state index contributed by atoms with van der Waals surface area (Å²) >= 11 is 0. The molecule has 4 unspecified atom stereocenters. The molecule has 0 aliphatic carbocycles. The minimum absolute atomic E-state index is 0.0376. The van der Waals surface area contributed by atoms with Crippen molar-refractivity contribution >= 4 is 23.8 Å². The van der Waals surface area contributed by atoms with Gasteiger partial charge in [-0.3, -0.25) is 9.59 Å². The second kappa shape index (κ2) is 39.1. The third-order valence-corrected chi connectivity index (χ3v) is 20.9. The van der Waals surface area contributed by atoms with E-state index in [9.17, 15) is 101 Å². The molecule has 19 N–H and O–H groups in total. The number of fused-ring (bicyclic) bond motifs is 1. The number of amides is 2. The van der Waals surface area contributed by atoms with Crippen LogP contribution in [0, 0.1) is 11.8 Å². The highest BCUT2D eigenvalue weighted by molar-refractivity contribution is 5.79. The number of hydrogen-bond donors (Lipinski definition) is 19. The predicted octanol–water partition coefficient (Wildman–Crippen LogP) is -3.43. The number of likely N-dealkylation sites (N-methyl/N-ethyl adjacent to an activating group) is 1. The van der Waals surface area contributed by atoms with Gasteiger partial charge < -0.3 is 150 Å². The second-order valence-electron chi connectivity index (χ2n) is 29.0. The lowest BCUT2D eigenvalue weighted by atomic mass is 9.80. The first-order valence-corrected chi connectivity index (χ1v) is 36.0. The van der Waals surface area contributed by atoms with Crippen LogP contribution in [0.2, 0.25) is 0 Å². The third kappa shape index (κ3) is 21.2. The van der Waals surface area contributed by atoms with Crippen LogP contribution in [0.4, 0.5) is 0 Å². The number of carbonyl (C=O) groups excluding carboxylic acids is 3. The number of nitrogens with one attached hydrogen (secondary N) is 3. The van der Waals surface area contributed by atoms with Crippen LogP contribution < -0.4 is 16.0 Å². The molecule has 0 saturated carbocycles. The molecule has 6 saturated heterocycles. The van der Waals surface area contributed by atoms with E-state index in [0.717, 1.165) is 39.5 Å². The lowest BCUT2D eigenvalue weighted by Crippen LogP contribution is -2.74. The molecule has 29 atom stereocenters. The molecule has 0 aromatic carbocycles. The van der Waals surface area contributed by atoms with Crippen LogP contribution >= 0.6 is 0 Å². The molecule has 6 heterocycles. The number of carbonyl (C=O) groups is 4. The van der Waals surface area contributed by atoms with Crippen molar-refractivity contribution in [1.82, 2.24) is 16.0 Å². The molecule has 2 amide bonds. The number of carboxylic acid groups (broad SMARTS) is 1. The van der Waals surface area contributed by atoms with E-state index in [1.54, 1.807) is 0 Å². The van der Waals surface area contributed by atoms with Crippen molar-refractivity contribution in [2.45, 2.75) is 334 Å². The van der Waals surface area contributed by atoms with Crippen molar-refractivity contribution in [3.63, 3.8) is 0 Å². The summed E-state index contributed by atoms with van der Waals surface area (Å²) < 4.78 is 67.6. The molecule has 0 aromatic rings. The fourth-order valence-corrected chi connectivity index (χ4v) is 14.0. The molecule has 6 fully saturated rings. The molecule has 34 heteroatoms. The third-order valence-electron chi connectivity index (χ3n) is 20.9. The first-order valence-electron chi connectivity index (χ1n) is 36.0. The lowest BCUT2D eigenvalue weighted by molar-refractivity contribution is -0.424. The molecule has 101 heavy (non-hydrogen) atoms. The van der Waals surface area contributed by atoms with Gasteiger partial charge in [-0.1, -0.05) is 118 Å². The maximum Gasteiger partial charge on any atom is 0.367 e. The Morgan fingerprint density at radius 3 is 1.72 bits per heavy atom. The highest BCUT2D eigenvalue weighted by Crippen LogP contribution is 2.48. The average molecular weight is 1460 g/mol. The number of carboxylic acids is 1. The molecule has 6 rings (SSSR count). The van der Waals surface area contributed by atoms with Gasteiger partial charge >= 0.3 is 11.9 Å². The van der Waals surface area contributed by atoms with Gasteiger partial charge in [0.05, 0.1) is 75.2 Å². The van der Waals surface area contributed by atoms with Crippen LogP contribution in [0.25, 0.3) is 0 Å². The predicted molar refractivity (Wildman–Crippen MR) is 349 cm³/mol. The normalized spacial score (nSPS) is 38.0. The van der Waals surface area contributed by atoms with Gasteiger partial charge in [0, 0.05) is 44.6 Å². The highest BCUT2D eigenvalue weighted by Gasteiger charge is 2.67. The van der Waals surface area contributed by atoms with Crippen LogP contribution in [0.5, 0.6) is 0 Å². The van der Waals surface area contributed by atoms with Crippen molar-refractivity contribution in [2.75, 3.05) is 52.7 Å². The van der Waals surface area contributed by atoms with Crippen LogP contribution in [0.3, 0.4) is 0 Å². The van der Waals surface area contributed by atoms with Crippen LogP contribution in [0.15, 0.2) is 0 Å². The van der Waals surface area contributed by atoms with Crippen LogP contribution in [0.1, 0.15) is 171 Å². The summed E-state index contributed by atoms with van der Waals surface area (Å²) in [7, 11) is 0. The van der Waals surface area contributed by atoms with Crippen molar-refractivity contribution in [3.05, 3.63) is 0 Å². The lowest BCUT2D eigenvalue weighted by Gasteiger charge is -2.56. The highest BCUT2D eigenvalue weighted by atomic mass is 16.8. The van der Waals surface area contributed by atoms with Crippen molar-refractivity contribution < 1.29 is 153 Å². The summed E-state index contributed by atoms with van der Waals surface area (Å²) in [5.41, 5.74) is -5.93. The standard InChI is InChI=1S/C67H119N3O31/c1-9-11-12-13-14-15-16-17-18-19-20-21-22-23-24-25-44(80)70-64(7,65(8,90)32-68-10-2)34-91-59-50(85)49(84)53(42(30-73)93-59)95-60-56-55(54(43(31-74)94-60)96-58-45(69-37(5)76)48(83)47(82)41(29-72)92-58)100-67(62(89)97-56)27-39(78)36(4)52(99-67)57(86)63(6,33-75)101-66(61(87)88)26-38(77)35(3)51(98-66)46(81)40(79)28-71/h35-36,38-43,45-60,68,71-75,77-79,81-86,90H,9-34H2,1-8H3,(H,69,76)(H,70,80)(H,87,88)/t35-,36+,38-,39-,40-,41?,42+,43?,45-,46-,47+,48-,49+,50?,51?,52-,53-,54+,55+,56-,57-,58+,59-,60+,63-,64+,65-,66+,67-/m1/s1. The second-order valence-corrected chi connectivity index (χ2v) is 29.0. The maximum absolute atomic E-state index is 15.0. The Labute approximate surface area is 589 Å². The minimum atomic E-state index is -3.06. The van der Waals surface area contributed by atoms with E-state index in [1.165, 1.54) is 91.9 Å². The molecule has 6 aliphatic heterocycles. The molecule has 0 aromatic heterocycles. The first-order chi connectivity index (χ1) is 47.7. The number of aliphatic hydroxyl groups excluding tert-OH is 14. The van der Waals surface area contributed by atoms with Gasteiger partial charge in [-0.25, -0.2) is 9.59 Å². The first kappa shape index (κ1) is 86.8. The summed E-state index contributed by atoms with van der Waals surface area (Å²) in [6, 6.07) is -1.68. The molecule has 0 bridgehead atoms.